The number of nitrogen functional groups attached to an aromatic ring is 1. The van der Waals surface area contributed by atoms with E-state index in [9.17, 15) is 0 Å². The van der Waals surface area contributed by atoms with Crippen LogP contribution in [0.5, 0.6) is 0 Å². The molecule has 4 nitrogen and oxygen atoms in total. The lowest BCUT2D eigenvalue weighted by molar-refractivity contribution is 0.534. The second-order valence-electron chi connectivity index (χ2n) is 3.81. The summed E-state index contributed by atoms with van der Waals surface area (Å²) in [6, 6.07) is 0.338. The number of anilines is 2. The lowest BCUT2D eigenvalue weighted by Gasteiger charge is -2.12. The smallest absolute Gasteiger partial charge is 0.148 e. The van der Waals surface area contributed by atoms with E-state index in [1.165, 1.54) is 0 Å². The van der Waals surface area contributed by atoms with Crippen molar-refractivity contribution in [1.82, 2.24) is 9.78 Å². The van der Waals surface area contributed by atoms with Gasteiger partial charge in [0.15, 0.2) is 0 Å². The third-order valence-electron chi connectivity index (χ3n) is 2.16. The van der Waals surface area contributed by atoms with Gasteiger partial charge >= 0.3 is 0 Å². The highest BCUT2D eigenvalue weighted by molar-refractivity contribution is 5.64. The van der Waals surface area contributed by atoms with E-state index >= 15 is 0 Å². The van der Waals surface area contributed by atoms with Crippen molar-refractivity contribution in [3.63, 3.8) is 0 Å². The Balaban J connectivity index is 2.97. The van der Waals surface area contributed by atoms with Gasteiger partial charge in [0.1, 0.15) is 5.82 Å². The van der Waals surface area contributed by atoms with Gasteiger partial charge in [0.2, 0.25) is 0 Å². The molecule has 0 saturated heterocycles. The predicted octanol–water partition coefficient (Wildman–Crippen LogP) is 2.18. The molecule has 0 unspecified atom stereocenters. The molecular weight excluding hydrogens is 176 g/mol. The molecule has 80 valence electrons. The van der Waals surface area contributed by atoms with Gasteiger partial charge < -0.3 is 11.1 Å². The van der Waals surface area contributed by atoms with E-state index < -0.39 is 0 Å². The van der Waals surface area contributed by atoms with Crippen molar-refractivity contribution < 1.29 is 0 Å². The van der Waals surface area contributed by atoms with Crippen LogP contribution in [0.1, 0.15) is 38.9 Å². The topological polar surface area (TPSA) is 55.9 Å². The largest absolute Gasteiger partial charge is 0.394 e. The Labute approximate surface area is 85.5 Å². The number of rotatable bonds is 4. The van der Waals surface area contributed by atoms with E-state index in [0.29, 0.717) is 6.04 Å². The fourth-order valence-corrected chi connectivity index (χ4v) is 1.35. The van der Waals surface area contributed by atoms with Crippen molar-refractivity contribution in [1.29, 1.82) is 0 Å². The molecule has 0 aromatic carbocycles. The maximum Gasteiger partial charge on any atom is 0.148 e. The van der Waals surface area contributed by atoms with Crippen molar-refractivity contribution >= 4 is 11.5 Å². The highest BCUT2D eigenvalue weighted by Crippen LogP contribution is 2.25. The highest BCUT2D eigenvalue weighted by atomic mass is 15.4. The minimum atomic E-state index is 0.338. The molecule has 0 aliphatic heterocycles. The van der Waals surface area contributed by atoms with Gasteiger partial charge in [0.05, 0.1) is 11.4 Å². The standard InChI is InChI=1S/C10H20N4/c1-5-6-12-10-9(11)8(4)13-14(10)7(2)3/h7,12H,5-6,11H2,1-4H3. The summed E-state index contributed by atoms with van der Waals surface area (Å²) >= 11 is 0. The maximum atomic E-state index is 5.94. The van der Waals surface area contributed by atoms with Gasteiger partial charge in [-0.15, -0.1) is 0 Å². The van der Waals surface area contributed by atoms with Gasteiger partial charge in [-0.2, -0.15) is 5.10 Å². The summed E-state index contributed by atoms with van der Waals surface area (Å²) in [5.74, 6) is 0.958. The summed E-state index contributed by atoms with van der Waals surface area (Å²) in [7, 11) is 0. The summed E-state index contributed by atoms with van der Waals surface area (Å²) in [6.07, 6.45) is 1.09. The molecule has 1 heterocycles. The quantitative estimate of drug-likeness (QED) is 0.776. The van der Waals surface area contributed by atoms with Crippen LogP contribution in [0.15, 0.2) is 0 Å². The lowest BCUT2D eigenvalue weighted by Crippen LogP contribution is -2.11. The number of nitrogens with zero attached hydrogens (tertiary/aromatic N) is 2. The van der Waals surface area contributed by atoms with Gasteiger partial charge in [-0.25, -0.2) is 4.68 Å². The van der Waals surface area contributed by atoms with Crippen LogP contribution in [0.3, 0.4) is 0 Å². The van der Waals surface area contributed by atoms with E-state index in [0.717, 1.165) is 30.2 Å². The molecule has 1 aromatic heterocycles. The molecule has 0 aliphatic rings. The number of aryl methyl sites for hydroxylation is 1. The molecule has 0 amide bonds. The van der Waals surface area contributed by atoms with Crippen LogP contribution < -0.4 is 11.1 Å². The number of nitrogens with one attached hydrogen (secondary N) is 1. The summed E-state index contributed by atoms with van der Waals surface area (Å²) in [5.41, 5.74) is 7.61. The molecule has 1 rings (SSSR count). The van der Waals surface area contributed by atoms with Crippen LogP contribution in [-0.4, -0.2) is 16.3 Å². The van der Waals surface area contributed by atoms with E-state index in [1.807, 2.05) is 11.6 Å². The van der Waals surface area contributed by atoms with Gasteiger partial charge in [-0.05, 0) is 27.2 Å². The molecule has 3 N–H and O–H groups in total. The monoisotopic (exact) mass is 196 g/mol. The van der Waals surface area contributed by atoms with Crippen LogP contribution in [-0.2, 0) is 0 Å². The number of nitrogens with two attached hydrogens (primary N) is 1. The van der Waals surface area contributed by atoms with Crippen molar-refractivity contribution in [3.8, 4) is 0 Å². The lowest BCUT2D eigenvalue weighted by atomic mass is 10.3. The molecule has 14 heavy (non-hydrogen) atoms. The van der Waals surface area contributed by atoms with Gasteiger partial charge in [0, 0.05) is 12.6 Å². The molecule has 0 radical (unpaired) electrons. The number of hydrogen-bond donors (Lipinski definition) is 2. The Morgan fingerprint density at radius 3 is 2.64 bits per heavy atom. The zero-order valence-electron chi connectivity index (χ0n) is 9.46. The van der Waals surface area contributed by atoms with E-state index in [4.69, 9.17) is 5.73 Å². The Morgan fingerprint density at radius 1 is 1.50 bits per heavy atom. The number of aromatic nitrogens is 2. The minimum Gasteiger partial charge on any atom is -0.394 e. The second kappa shape index (κ2) is 4.35. The molecular formula is C10H20N4. The predicted molar refractivity (Wildman–Crippen MR) is 60.5 cm³/mol. The SMILES string of the molecule is CCCNc1c(N)c(C)nn1C(C)C. The zero-order chi connectivity index (χ0) is 10.7. The van der Waals surface area contributed by atoms with Crippen LogP contribution in [0.2, 0.25) is 0 Å². The van der Waals surface area contributed by atoms with E-state index in [-0.39, 0.29) is 0 Å². The van der Waals surface area contributed by atoms with Gasteiger partial charge in [0.25, 0.3) is 0 Å². The first-order chi connectivity index (χ1) is 6.57. The molecule has 0 spiro atoms. The van der Waals surface area contributed by atoms with Crippen molar-refractivity contribution in [3.05, 3.63) is 5.69 Å². The van der Waals surface area contributed by atoms with E-state index in [1.54, 1.807) is 0 Å². The highest BCUT2D eigenvalue weighted by Gasteiger charge is 2.13. The first kappa shape index (κ1) is 10.9. The fourth-order valence-electron chi connectivity index (χ4n) is 1.35. The summed E-state index contributed by atoms with van der Waals surface area (Å²) in [5, 5.41) is 7.70. The Kier molecular flexibility index (Phi) is 3.38. The third-order valence-corrected chi connectivity index (χ3v) is 2.16. The molecule has 0 saturated carbocycles. The Morgan fingerprint density at radius 2 is 2.14 bits per heavy atom. The first-order valence-electron chi connectivity index (χ1n) is 5.16. The normalized spacial score (nSPS) is 10.9. The third kappa shape index (κ3) is 2.00. The molecule has 0 aliphatic carbocycles. The first-order valence-corrected chi connectivity index (χ1v) is 5.16. The average molecular weight is 196 g/mol. The van der Waals surface area contributed by atoms with Crippen LogP contribution in [0.25, 0.3) is 0 Å². The van der Waals surface area contributed by atoms with Crippen molar-refractivity contribution in [2.45, 2.75) is 40.2 Å². The van der Waals surface area contributed by atoms with E-state index in [2.05, 4.69) is 31.2 Å². The van der Waals surface area contributed by atoms with Crippen LogP contribution in [0, 0.1) is 6.92 Å². The van der Waals surface area contributed by atoms with Gasteiger partial charge in [-0.1, -0.05) is 6.92 Å². The molecule has 0 bridgehead atoms. The van der Waals surface area contributed by atoms with Crippen molar-refractivity contribution in [2.75, 3.05) is 17.6 Å². The fraction of sp³-hybridized carbons (Fsp3) is 0.700. The van der Waals surface area contributed by atoms with Gasteiger partial charge in [-0.3, -0.25) is 0 Å². The Hall–Kier alpha value is -1.19. The minimum absolute atomic E-state index is 0.338. The molecule has 1 aromatic rings. The molecule has 4 heteroatoms. The Bertz CT molecular complexity index is 301. The summed E-state index contributed by atoms with van der Waals surface area (Å²) in [6.45, 7) is 9.20. The van der Waals surface area contributed by atoms with Crippen molar-refractivity contribution in [2.24, 2.45) is 0 Å². The second-order valence-corrected chi connectivity index (χ2v) is 3.81. The van der Waals surface area contributed by atoms with Crippen LogP contribution >= 0.6 is 0 Å². The average Bonchev–Trinajstić information content (AvgIpc) is 2.41. The molecule has 0 fully saturated rings. The summed E-state index contributed by atoms with van der Waals surface area (Å²) < 4.78 is 1.94. The molecule has 0 atom stereocenters. The summed E-state index contributed by atoms with van der Waals surface area (Å²) in [4.78, 5) is 0. The number of hydrogen-bond acceptors (Lipinski definition) is 3. The van der Waals surface area contributed by atoms with Crippen LogP contribution in [0.4, 0.5) is 11.5 Å². The maximum absolute atomic E-state index is 5.94. The zero-order valence-corrected chi connectivity index (χ0v) is 9.46.